The Labute approximate surface area is 160 Å². The van der Waals surface area contributed by atoms with Crippen molar-refractivity contribution in [2.75, 3.05) is 36.5 Å². The van der Waals surface area contributed by atoms with Crippen molar-refractivity contribution in [3.05, 3.63) is 64.2 Å². The molecular weight excluding hydrogens is 363 g/mol. The van der Waals surface area contributed by atoms with Crippen LogP contribution in [0.1, 0.15) is 10.5 Å². The van der Waals surface area contributed by atoms with Gasteiger partial charge in [-0.15, -0.1) is 0 Å². The molecule has 1 fully saturated rings. The molecule has 4 rings (SSSR count). The van der Waals surface area contributed by atoms with Gasteiger partial charge in [-0.1, -0.05) is 0 Å². The Balaban J connectivity index is 1.58. The molecule has 1 saturated heterocycles. The van der Waals surface area contributed by atoms with E-state index in [2.05, 4.69) is 15.3 Å². The molecule has 0 aliphatic carbocycles. The van der Waals surface area contributed by atoms with Crippen LogP contribution in [-0.2, 0) is 11.8 Å². The second-order valence-electron chi connectivity index (χ2n) is 6.56. The number of carbonyl (C=O) groups is 1. The molecule has 1 aliphatic heterocycles. The highest BCUT2D eigenvalue weighted by Crippen LogP contribution is 2.19. The fraction of sp³-hybridized carbons (Fsp3) is 0.250. The van der Waals surface area contributed by atoms with Gasteiger partial charge in [0.05, 0.1) is 24.1 Å². The summed E-state index contributed by atoms with van der Waals surface area (Å²) in [6, 6.07) is 11.2. The zero-order valence-electron chi connectivity index (χ0n) is 15.3. The molecule has 28 heavy (non-hydrogen) atoms. The third-order valence-corrected chi connectivity index (χ3v) is 4.73. The predicted octanol–water partition coefficient (Wildman–Crippen LogP) is 2.16. The minimum absolute atomic E-state index is 0.116. The third kappa shape index (κ3) is 3.46. The number of aryl methyl sites for hydroxylation is 1. The van der Waals surface area contributed by atoms with E-state index in [1.54, 1.807) is 19.2 Å². The highest BCUT2D eigenvalue weighted by atomic mass is 19.1. The van der Waals surface area contributed by atoms with Crippen molar-refractivity contribution < 1.29 is 13.9 Å². The summed E-state index contributed by atoms with van der Waals surface area (Å²) in [5.74, 6) is -1.17. The van der Waals surface area contributed by atoms with Crippen molar-refractivity contribution in [1.29, 1.82) is 0 Å². The van der Waals surface area contributed by atoms with Gasteiger partial charge >= 0.3 is 0 Å². The fourth-order valence-electron chi connectivity index (χ4n) is 3.27. The number of ether oxygens (including phenoxy) is 1. The maximum absolute atomic E-state index is 13.5. The van der Waals surface area contributed by atoms with E-state index in [1.807, 2.05) is 12.1 Å². The van der Waals surface area contributed by atoms with E-state index in [0.29, 0.717) is 24.4 Å². The van der Waals surface area contributed by atoms with E-state index in [9.17, 15) is 14.0 Å². The fourth-order valence-corrected chi connectivity index (χ4v) is 3.27. The highest BCUT2D eigenvalue weighted by Gasteiger charge is 2.18. The van der Waals surface area contributed by atoms with Crippen LogP contribution >= 0.6 is 0 Å². The Morgan fingerprint density at radius 3 is 2.57 bits per heavy atom. The number of anilines is 2. The Morgan fingerprint density at radius 1 is 1.14 bits per heavy atom. The van der Waals surface area contributed by atoms with Crippen LogP contribution in [0.2, 0.25) is 0 Å². The number of nitrogens with zero attached hydrogens (tertiary/aromatic N) is 3. The van der Waals surface area contributed by atoms with Gasteiger partial charge in [-0.25, -0.2) is 4.39 Å². The van der Waals surface area contributed by atoms with Crippen LogP contribution in [-0.4, -0.2) is 42.0 Å². The SMILES string of the molecule is Cn1nc(C(=O)Nc2ccc(N3CCOCC3)cc2)c(=O)c2cc(F)ccc21. The van der Waals surface area contributed by atoms with Crippen LogP contribution in [0, 0.1) is 5.82 Å². The monoisotopic (exact) mass is 382 g/mol. The van der Waals surface area contributed by atoms with Crippen LogP contribution in [0.4, 0.5) is 15.8 Å². The number of aromatic nitrogens is 2. The van der Waals surface area contributed by atoms with Gasteiger partial charge in [-0.05, 0) is 42.5 Å². The smallest absolute Gasteiger partial charge is 0.280 e. The van der Waals surface area contributed by atoms with Crippen molar-refractivity contribution in [3.8, 4) is 0 Å². The molecule has 0 unspecified atom stereocenters. The van der Waals surface area contributed by atoms with Crippen molar-refractivity contribution in [3.63, 3.8) is 0 Å². The van der Waals surface area contributed by atoms with Gasteiger partial charge in [0.1, 0.15) is 5.82 Å². The molecule has 0 atom stereocenters. The molecule has 0 radical (unpaired) electrons. The molecule has 1 N–H and O–H groups in total. The lowest BCUT2D eigenvalue weighted by molar-refractivity contribution is 0.101. The van der Waals surface area contributed by atoms with E-state index in [0.717, 1.165) is 24.8 Å². The van der Waals surface area contributed by atoms with E-state index in [1.165, 1.54) is 16.8 Å². The largest absolute Gasteiger partial charge is 0.378 e. The van der Waals surface area contributed by atoms with Gasteiger partial charge in [0.2, 0.25) is 5.43 Å². The zero-order chi connectivity index (χ0) is 19.7. The van der Waals surface area contributed by atoms with Crippen LogP contribution in [0.3, 0.4) is 0 Å². The summed E-state index contributed by atoms with van der Waals surface area (Å²) in [7, 11) is 1.60. The van der Waals surface area contributed by atoms with E-state index < -0.39 is 17.2 Å². The maximum atomic E-state index is 13.5. The minimum Gasteiger partial charge on any atom is -0.378 e. The third-order valence-electron chi connectivity index (χ3n) is 4.73. The summed E-state index contributed by atoms with van der Waals surface area (Å²) in [5, 5.41) is 6.87. The normalized spacial score (nSPS) is 14.3. The number of amides is 1. The number of rotatable bonds is 3. The predicted molar refractivity (Wildman–Crippen MR) is 104 cm³/mol. The Kier molecular flexibility index (Phi) is 4.79. The van der Waals surface area contributed by atoms with Crippen LogP contribution < -0.4 is 15.6 Å². The van der Waals surface area contributed by atoms with Gasteiger partial charge in [0.15, 0.2) is 5.69 Å². The lowest BCUT2D eigenvalue weighted by Crippen LogP contribution is -2.36. The molecule has 2 heterocycles. The first kappa shape index (κ1) is 18.1. The van der Waals surface area contributed by atoms with Gasteiger partial charge < -0.3 is 15.0 Å². The second kappa shape index (κ2) is 7.40. The number of fused-ring (bicyclic) bond motifs is 1. The lowest BCUT2D eigenvalue weighted by atomic mass is 10.2. The first-order chi connectivity index (χ1) is 13.5. The molecule has 2 aromatic carbocycles. The molecule has 1 aliphatic rings. The summed E-state index contributed by atoms with van der Waals surface area (Å²) < 4.78 is 20.3. The topological polar surface area (TPSA) is 76.5 Å². The van der Waals surface area contributed by atoms with E-state index in [-0.39, 0.29) is 11.1 Å². The number of halogens is 1. The van der Waals surface area contributed by atoms with Crippen molar-refractivity contribution in [2.45, 2.75) is 0 Å². The van der Waals surface area contributed by atoms with E-state index >= 15 is 0 Å². The Hall–Kier alpha value is -3.26. The maximum Gasteiger partial charge on any atom is 0.280 e. The van der Waals surface area contributed by atoms with Crippen LogP contribution in [0.25, 0.3) is 10.9 Å². The number of nitrogens with one attached hydrogen (secondary N) is 1. The summed E-state index contributed by atoms with van der Waals surface area (Å²) in [6.07, 6.45) is 0. The number of hydrogen-bond acceptors (Lipinski definition) is 5. The van der Waals surface area contributed by atoms with Crippen molar-refractivity contribution in [1.82, 2.24) is 9.78 Å². The number of morpholine rings is 1. The van der Waals surface area contributed by atoms with E-state index in [4.69, 9.17) is 4.74 Å². The quantitative estimate of drug-likeness (QED) is 0.751. The minimum atomic E-state index is -0.633. The second-order valence-corrected chi connectivity index (χ2v) is 6.56. The summed E-state index contributed by atoms with van der Waals surface area (Å²) in [5.41, 5.74) is 1.16. The van der Waals surface area contributed by atoms with Crippen molar-refractivity contribution >= 4 is 28.2 Å². The molecule has 7 nitrogen and oxygen atoms in total. The molecule has 1 aromatic heterocycles. The molecule has 0 bridgehead atoms. The molecule has 0 spiro atoms. The molecule has 144 valence electrons. The van der Waals surface area contributed by atoms with Gasteiger partial charge in [0, 0.05) is 31.5 Å². The van der Waals surface area contributed by atoms with Gasteiger partial charge in [0.25, 0.3) is 5.91 Å². The Bertz CT molecular complexity index is 1090. The molecular formula is C20H19FN4O3. The standard InChI is InChI=1S/C20H19FN4O3/c1-24-17-7-2-13(21)12-16(17)19(26)18(23-24)20(27)22-14-3-5-15(6-4-14)25-8-10-28-11-9-25/h2-7,12H,8-11H2,1H3,(H,22,27). The van der Waals surface area contributed by atoms with Crippen LogP contribution in [0.15, 0.2) is 47.3 Å². The first-order valence-corrected chi connectivity index (χ1v) is 8.93. The number of hydrogen-bond donors (Lipinski definition) is 1. The molecule has 0 saturated carbocycles. The molecule has 8 heteroatoms. The molecule has 1 amide bonds. The van der Waals surface area contributed by atoms with Gasteiger partial charge in [-0.2, -0.15) is 5.10 Å². The first-order valence-electron chi connectivity index (χ1n) is 8.93. The zero-order valence-corrected chi connectivity index (χ0v) is 15.3. The summed E-state index contributed by atoms with van der Waals surface area (Å²) in [6.45, 7) is 3.02. The molecule has 3 aromatic rings. The average molecular weight is 382 g/mol. The van der Waals surface area contributed by atoms with Gasteiger partial charge in [-0.3, -0.25) is 14.3 Å². The Morgan fingerprint density at radius 2 is 1.86 bits per heavy atom. The summed E-state index contributed by atoms with van der Waals surface area (Å²) >= 11 is 0. The summed E-state index contributed by atoms with van der Waals surface area (Å²) in [4.78, 5) is 27.4. The van der Waals surface area contributed by atoms with Crippen LogP contribution in [0.5, 0.6) is 0 Å². The lowest BCUT2D eigenvalue weighted by Gasteiger charge is -2.28. The number of carbonyl (C=O) groups excluding carboxylic acids is 1. The average Bonchev–Trinajstić information content (AvgIpc) is 2.71. The van der Waals surface area contributed by atoms with Crippen molar-refractivity contribution in [2.24, 2.45) is 7.05 Å². The highest BCUT2D eigenvalue weighted by molar-refractivity contribution is 6.04. The number of benzene rings is 2.